The van der Waals surface area contributed by atoms with Crippen molar-refractivity contribution < 1.29 is 19.4 Å². The third-order valence-electron chi connectivity index (χ3n) is 4.47. The average molecular weight is 407 g/mol. The van der Waals surface area contributed by atoms with E-state index in [-0.39, 0.29) is 17.9 Å². The number of nitrogens with one attached hydrogen (secondary N) is 2. The van der Waals surface area contributed by atoms with Crippen LogP contribution in [-0.2, 0) is 11.3 Å². The minimum Gasteiger partial charge on any atom is -0.504 e. The first-order valence-corrected chi connectivity index (χ1v) is 10.1. The molecule has 8 nitrogen and oxygen atoms in total. The third kappa shape index (κ3) is 7.03. The van der Waals surface area contributed by atoms with E-state index in [4.69, 9.17) is 9.47 Å². The molecule has 1 aliphatic rings. The van der Waals surface area contributed by atoms with Crippen molar-refractivity contribution in [2.75, 3.05) is 26.7 Å². The van der Waals surface area contributed by atoms with Crippen LogP contribution in [0.15, 0.2) is 23.2 Å². The molecule has 0 aromatic heterocycles. The number of hydrogen-bond donors (Lipinski definition) is 3. The quantitative estimate of drug-likeness (QED) is 0.514. The summed E-state index contributed by atoms with van der Waals surface area (Å²) in [6.45, 7) is 9.87. The van der Waals surface area contributed by atoms with Gasteiger partial charge in [0.2, 0.25) is 0 Å². The minimum atomic E-state index is -0.507. The first-order valence-electron chi connectivity index (χ1n) is 10.1. The largest absolute Gasteiger partial charge is 0.504 e. The van der Waals surface area contributed by atoms with E-state index in [9.17, 15) is 9.90 Å². The monoisotopic (exact) mass is 406 g/mol. The number of phenolic OH excluding ortho intramolecular Hbond substituents is 1. The number of likely N-dealkylation sites (tertiary alicyclic amines) is 1. The second kappa shape index (κ2) is 10.2. The Morgan fingerprint density at radius 3 is 2.79 bits per heavy atom. The van der Waals surface area contributed by atoms with Gasteiger partial charge in [-0.3, -0.25) is 0 Å². The molecule has 2 rings (SSSR count). The van der Waals surface area contributed by atoms with Gasteiger partial charge in [-0.05, 0) is 46.6 Å². The van der Waals surface area contributed by atoms with Crippen LogP contribution in [0, 0.1) is 0 Å². The summed E-state index contributed by atoms with van der Waals surface area (Å²) >= 11 is 0. The van der Waals surface area contributed by atoms with Crippen molar-refractivity contribution in [2.24, 2.45) is 4.99 Å². The highest BCUT2D eigenvalue weighted by molar-refractivity contribution is 5.80. The highest BCUT2D eigenvalue weighted by Gasteiger charge is 2.28. The van der Waals surface area contributed by atoms with Crippen LogP contribution in [0.2, 0.25) is 0 Å². The standard InChI is InChI=1S/C21H34N4O4/c1-6-22-19(23-13-15-9-7-11-17(28-5)18(15)26)24-16-10-8-12-25(14-16)20(27)29-21(2,3)4/h7,9,11,16,26H,6,8,10,12-14H2,1-5H3,(H2,22,23,24). The lowest BCUT2D eigenvalue weighted by Gasteiger charge is -2.35. The number of hydrogen-bond acceptors (Lipinski definition) is 5. The molecule has 8 heteroatoms. The van der Waals surface area contributed by atoms with Crippen molar-refractivity contribution in [3.8, 4) is 11.5 Å². The number of para-hydroxylation sites is 1. The van der Waals surface area contributed by atoms with Crippen LogP contribution < -0.4 is 15.4 Å². The predicted molar refractivity (Wildman–Crippen MR) is 113 cm³/mol. The maximum absolute atomic E-state index is 12.4. The summed E-state index contributed by atoms with van der Waals surface area (Å²) in [4.78, 5) is 18.7. The fraction of sp³-hybridized carbons (Fsp3) is 0.619. The van der Waals surface area contributed by atoms with Gasteiger partial charge in [-0.15, -0.1) is 0 Å². The lowest BCUT2D eigenvalue weighted by Crippen LogP contribution is -2.53. The first kappa shape index (κ1) is 22.6. The maximum atomic E-state index is 12.4. The van der Waals surface area contributed by atoms with E-state index in [0.29, 0.717) is 43.5 Å². The summed E-state index contributed by atoms with van der Waals surface area (Å²) < 4.78 is 10.6. The normalized spacial score (nSPS) is 17.6. The molecule has 0 radical (unpaired) electrons. The van der Waals surface area contributed by atoms with Crippen molar-refractivity contribution in [1.29, 1.82) is 0 Å². The summed E-state index contributed by atoms with van der Waals surface area (Å²) in [5.74, 6) is 1.17. The Balaban J connectivity index is 2.02. The molecule has 1 fully saturated rings. The van der Waals surface area contributed by atoms with Crippen LogP contribution >= 0.6 is 0 Å². The molecule has 1 amide bonds. The van der Waals surface area contributed by atoms with Crippen LogP contribution in [0.3, 0.4) is 0 Å². The summed E-state index contributed by atoms with van der Waals surface area (Å²) in [5.41, 5.74) is 0.174. The van der Waals surface area contributed by atoms with E-state index in [2.05, 4.69) is 15.6 Å². The fourth-order valence-electron chi connectivity index (χ4n) is 3.12. The van der Waals surface area contributed by atoms with Gasteiger partial charge < -0.3 is 30.1 Å². The number of nitrogens with zero attached hydrogens (tertiary/aromatic N) is 2. The van der Waals surface area contributed by atoms with Gasteiger partial charge in [0.25, 0.3) is 0 Å². The molecule has 1 atom stereocenters. The molecule has 3 N–H and O–H groups in total. The van der Waals surface area contributed by atoms with Crippen molar-refractivity contribution in [2.45, 2.75) is 58.7 Å². The number of phenols is 1. The molecule has 0 spiro atoms. The summed E-state index contributed by atoms with van der Waals surface area (Å²) in [6, 6.07) is 5.42. The molecule has 1 saturated heterocycles. The van der Waals surface area contributed by atoms with Crippen LogP contribution in [0.5, 0.6) is 11.5 Å². The maximum Gasteiger partial charge on any atom is 0.410 e. The molecule has 0 saturated carbocycles. The number of benzene rings is 1. The number of rotatable bonds is 5. The van der Waals surface area contributed by atoms with E-state index in [1.165, 1.54) is 7.11 Å². The molecular weight excluding hydrogens is 372 g/mol. The van der Waals surface area contributed by atoms with Gasteiger partial charge in [0.05, 0.1) is 13.7 Å². The molecule has 1 aromatic carbocycles. The zero-order valence-corrected chi connectivity index (χ0v) is 18.1. The molecule has 1 aromatic rings. The summed E-state index contributed by atoms with van der Waals surface area (Å²) in [5, 5.41) is 16.9. The number of ether oxygens (including phenoxy) is 2. The van der Waals surface area contributed by atoms with Gasteiger partial charge in [-0.1, -0.05) is 12.1 Å². The Kier molecular flexibility index (Phi) is 7.99. The Morgan fingerprint density at radius 2 is 2.14 bits per heavy atom. The molecule has 162 valence electrons. The van der Waals surface area contributed by atoms with E-state index in [0.717, 1.165) is 12.8 Å². The highest BCUT2D eigenvalue weighted by Crippen LogP contribution is 2.29. The Labute approximate surface area is 173 Å². The van der Waals surface area contributed by atoms with Crippen molar-refractivity contribution >= 4 is 12.1 Å². The Morgan fingerprint density at radius 1 is 1.38 bits per heavy atom. The number of aliphatic imine (C=N–C) groups is 1. The number of carbonyl (C=O) groups is 1. The number of carbonyl (C=O) groups excluding carboxylic acids is 1. The fourth-order valence-corrected chi connectivity index (χ4v) is 3.12. The van der Waals surface area contributed by atoms with E-state index in [1.807, 2.05) is 39.8 Å². The minimum absolute atomic E-state index is 0.0768. The second-order valence-electron chi connectivity index (χ2n) is 8.07. The number of guanidine groups is 1. The average Bonchev–Trinajstić information content (AvgIpc) is 2.66. The second-order valence-corrected chi connectivity index (χ2v) is 8.07. The topological polar surface area (TPSA) is 95.4 Å². The van der Waals surface area contributed by atoms with Crippen LogP contribution in [0.1, 0.15) is 46.1 Å². The molecule has 0 aliphatic carbocycles. The highest BCUT2D eigenvalue weighted by atomic mass is 16.6. The molecule has 1 aliphatic heterocycles. The molecule has 29 heavy (non-hydrogen) atoms. The summed E-state index contributed by atoms with van der Waals surface area (Å²) in [7, 11) is 1.52. The van der Waals surface area contributed by atoms with E-state index in [1.54, 1.807) is 11.0 Å². The van der Waals surface area contributed by atoms with E-state index >= 15 is 0 Å². The van der Waals surface area contributed by atoms with Crippen molar-refractivity contribution in [3.05, 3.63) is 23.8 Å². The molecule has 0 bridgehead atoms. The number of aromatic hydroxyl groups is 1. The number of amides is 1. The van der Waals surface area contributed by atoms with Gasteiger partial charge in [0.1, 0.15) is 5.60 Å². The summed E-state index contributed by atoms with van der Waals surface area (Å²) in [6.07, 6.45) is 1.55. The smallest absolute Gasteiger partial charge is 0.410 e. The zero-order valence-electron chi connectivity index (χ0n) is 18.1. The predicted octanol–water partition coefficient (Wildman–Crippen LogP) is 2.86. The van der Waals surface area contributed by atoms with Crippen molar-refractivity contribution in [3.63, 3.8) is 0 Å². The van der Waals surface area contributed by atoms with Crippen LogP contribution in [-0.4, -0.2) is 60.4 Å². The zero-order chi connectivity index (χ0) is 21.4. The van der Waals surface area contributed by atoms with Crippen LogP contribution in [0.25, 0.3) is 0 Å². The molecule has 1 unspecified atom stereocenters. The number of piperidine rings is 1. The van der Waals surface area contributed by atoms with Crippen molar-refractivity contribution in [1.82, 2.24) is 15.5 Å². The van der Waals surface area contributed by atoms with Gasteiger partial charge >= 0.3 is 6.09 Å². The third-order valence-corrected chi connectivity index (χ3v) is 4.47. The lowest BCUT2D eigenvalue weighted by atomic mass is 10.1. The lowest BCUT2D eigenvalue weighted by molar-refractivity contribution is 0.0193. The Hall–Kier alpha value is -2.64. The first-order chi connectivity index (χ1) is 13.7. The molecule has 1 heterocycles. The van der Waals surface area contributed by atoms with E-state index < -0.39 is 5.60 Å². The van der Waals surface area contributed by atoms with Crippen LogP contribution in [0.4, 0.5) is 4.79 Å². The van der Waals surface area contributed by atoms with Gasteiger partial charge in [0.15, 0.2) is 17.5 Å². The van der Waals surface area contributed by atoms with Gasteiger partial charge in [-0.2, -0.15) is 0 Å². The SMILES string of the molecule is CCNC(=NCc1cccc(OC)c1O)NC1CCCN(C(=O)OC(C)(C)C)C1. The Bertz CT molecular complexity index is 715. The molecular formula is C21H34N4O4. The van der Waals surface area contributed by atoms with Gasteiger partial charge in [0, 0.05) is 31.2 Å². The van der Waals surface area contributed by atoms with Gasteiger partial charge in [-0.25, -0.2) is 9.79 Å². The number of methoxy groups -OCH3 is 1.